The molecule has 3 nitrogen and oxygen atoms in total. The Balaban J connectivity index is 1.86. The van der Waals surface area contributed by atoms with Crippen LogP contribution in [0.25, 0.3) is 0 Å². The third kappa shape index (κ3) is 4.34. The van der Waals surface area contributed by atoms with E-state index in [1.807, 2.05) is 19.1 Å². The molecule has 2 rings (SSSR count). The van der Waals surface area contributed by atoms with E-state index in [9.17, 15) is 4.79 Å². The first-order chi connectivity index (χ1) is 9.69. The van der Waals surface area contributed by atoms with Crippen molar-refractivity contribution in [1.82, 2.24) is 5.32 Å². The predicted octanol–water partition coefficient (Wildman–Crippen LogP) is 2.90. The van der Waals surface area contributed by atoms with Crippen molar-refractivity contribution < 1.29 is 9.53 Å². The smallest absolute Gasteiger partial charge is 0.137 e. The van der Waals surface area contributed by atoms with Crippen molar-refractivity contribution in [2.24, 2.45) is 5.92 Å². The van der Waals surface area contributed by atoms with Gasteiger partial charge >= 0.3 is 0 Å². The summed E-state index contributed by atoms with van der Waals surface area (Å²) in [5, 5.41) is 3.36. The quantitative estimate of drug-likeness (QED) is 0.867. The van der Waals surface area contributed by atoms with Crippen LogP contribution in [0.15, 0.2) is 18.2 Å². The summed E-state index contributed by atoms with van der Waals surface area (Å²) in [6.07, 6.45) is 4.65. The molecule has 0 aromatic heterocycles. The molecule has 0 bridgehead atoms. The Morgan fingerprint density at radius 1 is 1.35 bits per heavy atom. The minimum absolute atomic E-state index is 0.326. The molecule has 1 fully saturated rings. The molecule has 0 saturated carbocycles. The Hall–Kier alpha value is -1.35. The summed E-state index contributed by atoms with van der Waals surface area (Å²) in [5.41, 5.74) is 2.19. The standard InChI is InChI=1S/C17H25NO2/c1-13-3-6-17(20-2)15(11-13)12-16(19)5-4-14-7-9-18-10-8-14/h3,6,11,14,18H,4-5,7-10,12H2,1-2H3. The van der Waals surface area contributed by atoms with Gasteiger partial charge in [0, 0.05) is 18.4 Å². The van der Waals surface area contributed by atoms with Crippen LogP contribution in [0.3, 0.4) is 0 Å². The molecule has 110 valence electrons. The molecule has 3 heteroatoms. The number of hydrogen-bond donors (Lipinski definition) is 1. The van der Waals surface area contributed by atoms with Crippen molar-refractivity contribution in [2.75, 3.05) is 20.2 Å². The van der Waals surface area contributed by atoms with Crippen molar-refractivity contribution >= 4 is 5.78 Å². The van der Waals surface area contributed by atoms with E-state index in [4.69, 9.17) is 4.74 Å². The number of benzene rings is 1. The lowest BCUT2D eigenvalue weighted by molar-refractivity contribution is -0.118. The van der Waals surface area contributed by atoms with E-state index in [1.54, 1.807) is 7.11 Å². The third-order valence-electron chi connectivity index (χ3n) is 4.11. The van der Waals surface area contributed by atoms with Crippen LogP contribution in [0.5, 0.6) is 5.75 Å². The monoisotopic (exact) mass is 275 g/mol. The molecule has 0 amide bonds. The number of ether oxygens (including phenoxy) is 1. The Morgan fingerprint density at radius 2 is 2.10 bits per heavy atom. The summed E-state index contributed by atoms with van der Waals surface area (Å²) in [6.45, 7) is 4.25. The summed E-state index contributed by atoms with van der Waals surface area (Å²) in [6, 6.07) is 6.02. The molecule has 1 aromatic rings. The van der Waals surface area contributed by atoms with E-state index >= 15 is 0 Å². The molecule has 0 radical (unpaired) electrons. The van der Waals surface area contributed by atoms with Gasteiger partial charge in [0.05, 0.1) is 7.11 Å². The Kier molecular flexibility index (Phi) is 5.60. The number of hydrogen-bond acceptors (Lipinski definition) is 3. The Labute approximate surface area is 121 Å². The fourth-order valence-corrected chi connectivity index (χ4v) is 2.88. The van der Waals surface area contributed by atoms with E-state index in [0.29, 0.717) is 18.6 Å². The number of aryl methyl sites for hydroxylation is 1. The summed E-state index contributed by atoms with van der Waals surface area (Å²) in [4.78, 5) is 12.2. The van der Waals surface area contributed by atoms with E-state index in [1.165, 1.54) is 18.4 Å². The van der Waals surface area contributed by atoms with Gasteiger partial charge in [0.2, 0.25) is 0 Å². The molecule has 1 N–H and O–H groups in total. The Bertz CT molecular complexity index is 450. The highest BCUT2D eigenvalue weighted by atomic mass is 16.5. The van der Waals surface area contributed by atoms with Gasteiger partial charge in [0.25, 0.3) is 0 Å². The molecule has 1 aromatic carbocycles. The zero-order valence-corrected chi connectivity index (χ0v) is 12.6. The molecule has 0 spiro atoms. The number of carbonyl (C=O) groups is 1. The Morgan fingerprint density at radius 3 is 2.80 bits per heavy atom. The van der Waals surface area contributed by atoms with Crippen LogP contribution in [0, 0.1) is 12.8 Å². The van der Waals surface area contributed by atoms with Gasteiger partial charge in [-0.2, -0.15) is 0 Å². The molecule has 0 aliphatic carbocycles. The summed E-state index contributed by atoms with van der Waals surface area (Å²) in [7, 11) is 1.66. The second-order valence-electron chi connectivity index (χ2n) is 5.76. The van der Waals surface area contributed by atoms with E-state index < -0.39 is 0 Å². The maximum atomic E-state index is 12.2. The second kappa shape index (κ2) is 7.44. The number of nitrogens with one attached hydrogen (secondary N) is 1. The molecule has 1 saturated heterocycles. The highest BCUT2D eigenvalue weighted by Crippen LogP contribution is 2.22. The van der Waals surface area contributed by atoms with Gasteiger partial charge in [-0.15, -0.1) is 0 Å². The summed E-state index contributed by atoms with van der Waals surface area (Å²) in [5.74, 6) is 1.87. The SMILES string of the molecule is COc1ccc(C)cc1CC(=O)CCC1CCNCC1. The number of rotatable bonds is 6. The fourth-order valence-electron chi connectivity index (χ4n) is 2.88. The molecule has 1 heterocycles. The zero-order valence-electron chi connectivity index (χ0n) is 12.6. The van der Waals surface area contributed by atoms with Gasteiger partial charge in [-0.3, -0.25) is 4.79 Å². The minimum atomic E-state index is 0.326. The zero-order chi connectivity index (χ0) is 14.4. The molecular weight excluding hydrogens is 250 g/mol. The molecule has 20 heavy (non-hydrogen) atoms. The van der Waals surface area contributed by atoms with Crippen molar-refractivity contribution in [1.29, 1.82) is 0 Å². The van der Waals surface area contributed by atoms with Crippen molar-refractivity contribution in [2.45, 2.75) is 39.0 Å². The minimum Gasteiger partial charge on any atom is -0.496 e. The van der Waals surface area contributed by atoms with Crippen LogP contribution in [-0.2, 0) is 11.2 Å². The van der Waals surface area contributed by atoms with Crippen LogP contribution in [0.4, 0.5) is 0 Å². The van der Waals surface area contributed by atoms with Gasteiger partial charge in [0.1, 0.15) is 11.5 Å². The van der Waals surface area contributed by atoms with Gasteiger partial charge < -0.3 is 10.1 Å². The highest BCUT2D eigenvalue weighted by molar-refractivity contribution is 5.81. The second-order valence-corrected chi connectivity index (χ2v) is 5.76. The van der Waals surface area contributed by atoms with Crippen LogP contribution in [0.1, 0.15) is 36.8 Å². The first-order valence-electron chi connectivity index (χ1n) is 7.55. The van der Waals surface area contributed by atoms with E-state index in [-0.39, 0.29) is 0 Å². The maximum Gasteiger partial charge on any atom is 0.137 e. The molecule has 0 unspecified atom stereocenters. The predicted molar refractivity (Wildman–Crippen MR) is 81.3 cm³/mol. The van der Waals surface area contributed by atoms with Crippen LogP contribution in [-0.4, -0.2) is 26.0 Å². The topological polar surface area (TPSA) is 38.3 Å². The summed E-state index contributed by atoms with van der Waals surface area (Å²) < 4.78 is 5.34. The summed E-state index contributed by atoms with van der Waals surface area (Å²) >= 11 is 0. The average Bonchev–Trinajstić information content (AvgIpc) is 2.46. The van der Waals surface area contributed by atoms with Crippen LogP contribution >= 0.6 is 0 Å². The molecule has 1 aliphatic heterocycles. The van der Waals surface area contributed by atoms with Crippen molar-refractivity contribution in [3.8, 4) is 5.75 Å². The maximum absolute atomic E-state index is 12.2. The number of piperidine rings is 1. The molecule has 0 atom stereocenters. The van der Waals surface area contributed by atoms with E-state index in [2.05, 4.69) is 11.4 Å². The average molecular weight is 275 g/mol. The van der Waals surface area contributed by atoms with Crippen molar-refractivity contribution in [3.05, 3.63) is 29.3 Å². The fraction of sp³-hybridized carbons (Fsp3) is 0.588. The normalized spacial score (nSPS) is 16.1. The van der Waals surface area contributed by atoms with Gasteiger partial charge in [-0.1, -0.05) is 17.7 Å². The molecular formula is C17H25NO2. The van der Waals surface area contributed by atoms with Crippen molar-refractivity contribution in [3.63, 3.8) is 0 Å². The third-order valence-corrected chi connectivity index (χ3v) is 4.11. The van der Waals surface area contributed by atoms with Crippen LogP contribution < -0.4 is 10.1 Å². The lowest BCUT2D eigenvalue weighted by atomic mass is 9.91. The lowest BCUT2D eigenvalue weighted by Crippen LogP contribution is -2.28. The highest BCUT2D eigenvalue weighted by Gasteiger charge is 2.15. The first kappa shape index (κ1) is 15.0. The van der Waals surface area contributed by atoms with E-state index in [0.717, 1.165) is 36.7 Å². The van der Waals surface area contributed by atoms with Gasteiger partial charge in [0.15, 0.2) is 0 Å². The van der Waals surface area contributed by atoms with Crippen LogP contribution in [0.2, 0.25) is 0 Å². The van der Waals surface area contributed by atoms with Gasteiger partial charge in [-0.25, -0.2) is 0 Å². The number of carbonyl (C=O) groups excluding carboxylic acids is 1. The number of methoxy groups -OCH3 is 1. The first-order valence-corrected chi connectivity index (χ1v) is 7.55. The molecule has 1 aliphatic rings. The number of Topliss-reactive ketones (excluding diaryl/α,β-unsaturated/α-hetero) is 1. The van der Waals surface area contributed by atoms with Gasteiger partial charge in [-0.05, 0) is 51.3 Å². The largest absolute Gasteiger partial charge is 0.496 e. The lowest BCUT2D eigenvalue weighted by Gasteiger charge is -2.22. The number of ketones is 1.